The van der Waals surface area contributed by atoms with Gasteiger partial charge in [-0.25, -0.2) is 0 Å². The summed E-state index contributed by atoms with van der Waals surface area (Å²) in [6.45, 7) is 6.36. The summed E-state index contributed by atoms with van der Waals surface area (Å²) in [4.78, 5) is 16.4. The summed E-state index contributed by atoms with van der Waals surface area (Å²) in [6, 6.07) is 14.4. The van der Waals surface area contributed by atoms with Gasteiger partial charge in [0.2, 0.25) is 0 Å². The molecule has 0 unspecified atom stereocenters. The third kappa shape index (κ3) is 3.44. The standard InChI is InChI=1S/C21H20ClN3O2S/c1-4-11-27-17-9-7-15(8-10-17)25-20(28)24(19(26)21(25,2)3)16-6-5-14(13-23)18(22)12-16/h5-10,12H,4,11H2,1-3H3. The third-order valence-electron chi connectivity index (χ3n) is 4.57. The Labute approximate surface area is 175 Å². The fourth-order valence-electron chi connectivity index (χ4n) is 3.10. The molecule has 2 aromatic rings. The van der Waals surface area contributed by atoms with E-state index in [9.17, 15) is 4.79 Å². The predicted molar refractivity (Wildman–Crippen MR) is 115 cm³/mol. The highest BCUT2D eigenvalue weighted by Gasteiger charge is 2.50. The van der Waals surface area contributed by atoms with Gasteiger partial charge in [-0.05, 0) is 75.0 Å². The van der Waals surface area contributed by atoms with Crippen LogP contribution in [-0.2, 0) is 4.79 Å². The Kier molecular flexibility index (Phi) is 5.59. The minimum Gasteiger partial charge on any atom is -0.494 e. The Morgan fingerprint density at radius 1 is 1.18 bits per heavy atom. The number of halogens is 1. The van der Waals surface area contributed by atoms with Gasteiger partial charge in [-0.2, -0.15) is 5.26 Å². The molecule has 0 aromatic heterocycles. The molecule has 1 fully saturated rings. The Bertz CT molecular complexity index is 967. The van der Waals surface area contributed by atoms with Gasteiger partial charge in [0.15, 0.2) is 5.11 Å². The molecule has 0 atom stereocenters. The van der Waals surface area contributed by atoms with Gasteiger partial charge in [-0.15, -0.1) is 0 Å². The second-order valence-electron chi connectivity index (χ2n) is 6.94. The topological polar surface area (TPSA) is 56.6 Å². The molecule has 1 aliphatic rings. The van der Waals surface area contributed by atoms with Crippen LogP contribution in [0.25, 0.3) is 0 Å². The number of nitrogens with zero attached hydrogens (tertiary/aromatic N) is 3. The van der Waals surface area contributed by atoms with Crippen LogP contribution in [0.2, 0.25) is 5.02 Å². The van der Waals surface area contributed by atoms with Gasteiger partial charge in [-0.1, -0.05) is 18.5 Å². The van der Waals surface area contributed by atoms with Crippen molar-refractivity contribution in [1.29, 1.82) is 5.26 Å². The molecule has 1 aliphatic heterocycles. The molecule has 3 rings (SSSR count). The number of rotatable bonds is 5. The van der Waals surface area contributed by atoms with Gasteiger partial charge in [0.05, 0.1) is 22.9 Å². The molecule has 1 amide bonds. The maximum atomic E-state index is 13.2. The summed E-state index contributed by atoms with van der Waals surface area (Å²) in [5.41, 5.74) is 0.817. The average Bonchev–Trinajstić information content (AvgIpc) is 2.85. The van der Waals surface area contributed by atoms with Crippen molar-refractivity contribution in [2.24, 2.45) is 0 Å². The number of nitriles is 1. The third-order valence-corrected chi connectivity index (χ3v) is 5.25. The second-order valence-corrected chi connectivity index (χ2v) is 7.71. The summed E-state index contributed by atoms with van der Waals surface area (Å²) in [6.07, 6.45) is 0.932. The number of carbonyl (C=O) groups excluding carboxylic acids is 1. The van der Waals surface area contributed by atoms with Crippen LogP contribution >= 0.6 is 23.8 Å². The lowest BCUT2D eigenvalue weighted by atomic mass is 10.0. The van der Waals surface area contributed by atoms with E-state index in [0.717, 1.165) is 17.9 Å². The van der Waals surface area contributed by atoms with Crippen LogP contribution in [0, 0.1) is 11.3 Å². The smallest absolute Gasteiger partial charge is 0.259 e. The van der Waals surface area contributed by atoms with Gasteiger partial charge in [0.25, 0.3) is 5.91 Å². The monoisotopic (exact) mass is 413 g/mol. The number of thiocarbonyl (C=S) groups is 1. The van der Waals surface area contributed by atoms with Crippen molar-refractivity contribution < 1.29 is 9.53 Å². The molecule has 5 nitrogen and oxygen atoms in total. The Morgan fingerprint density at radius 2 is 1.82 bits per heavy atom. The minimum atomic E-state index is -0.872. The maximum absolute atomic E-state index is 13.2. The SMILES string of the molecule is CCCOc1ccc(N2C(=S)N(c3ccc(C#N)c(Cl)c3)C(=O)C2(C)C)cc1. The lowest BCUT2D eigenvalue weighted by Crippen LogP contribution is -2.44. The van der Waals surface area contributed by atoms with E-state index in [1.54, 1.807) is 18.2 Å². The Hall–Kier alpha value is -2.62. The zero-order chi connectivity index (χ0) is 20.5. The van der Waals surface area contributed by atoms with Crippen molar-refractivity contribution in [2.45, 2.75) is 32.7 Å². The number of benzene rings is 2. The van der Waals surface area contributed by atoms with E-state index in [1.807, 2.05) is 49.1 Å². The van der Waals surface area contributed by atoms with Crippen molar-refractivity contribution in [3.63, 3.8) is 0 Å². The summed E-state index contributed by atoms with van der Waals surface area (Å²) >= 11 is 11.8. The molecule has 7 heteroatoms. The van der Waals surface area contributed by atoms with Gasteiger partial charge in [0, 0.05) is 5.69 Å². The van der Waals surface area contributed by atoms with Crippen molar-refractivity contribution in [3.05, 3.63) is 53.1 Å². The summed E-state index contributed by atoms with van der Waals surface area (Å²) < 4.78 is 5.63. The highest BCUT2D eigenvalue weighted by molar-refractivity contribution is 7.81. The van der Waals surface area contributed by atoms with E-state index in [2.05, 4.69) is 6.92 Å². The molecule has 0 radical (unpaired) electrons. The van der Waals surface area contributed by atoms with E-state index < -0.39 is 5.54 Å². The molecule has 28 heavy (non-hydrogen) atoms. The second kappa shape index (κ2) is 7.78. The highest BCUT2D eigenvalue weighted by Crippen LogP contribution is 2.37. The van der Waals surface area contributed by atoms with Gasteiger partial charge >= 0.3 is 0 Å². The van der Waals surface area contributed by atoms with Crippen LogP contribution in [0.3, 0.4) is 0 Å². The Morgan fingerprint density at radius 3 is 2.39 bits per heavy atom. The lowest BCUT2D eigenvalue weighted by molar-refractivity contribution is -0.120. The van der Waals surface area contributed by atoms with E-state index in [1.165, 1.54) is 4.90 Å². The molecule has 0 spiro atoms. The van der Waals surface area contributed by atoms with Gasteiger partial charge < -0.3 is 9.64 Å². The molecule has 2 aromatic carbocycles. The van der Waals surface area contributed by atoms with E-state index in [-0.39, 0.29) is 10.9 Å². The fourth-order valence-corrected chi connectivity index (χ4v) is 3.84. The summed E-state index contributed by atoms with van der Waals surface area (Å²) in [5, 5.41) is 9.71. The number of carbonyl (C=O) groups is 1. The van der Waals surface area contributed by atoms with Gasteiger partial charge in [-0.3, -0.25) is 9.69 Å². The summed E-state index contributed by atoms with van der Waals surface area (Å²) in [7, 11) is 0. The first-order valence-electron chi connectivity index (χ1n) is 8.92. The van der Waals surface area contributed by atoms with Crippen LogP contribution in [0.1, 0.15) is 32.8 Å². The molecule has 0 aliphatic carbocycles. The lowest BCUT2D eigenvalue weighted by Gasteiger charge is -2.29. The number of hydrogen-bond acceptors (Lipinski definition) is 4. The first-order chi connectivity index (χ1) is 13.3. The van der Waals surface area contributed by atoms with Gasteiger partial charge in [0.1, 0.15) is 17.4 Å². The minimum absolute atomic E-state index is 0.162. The van der Waals surface area contributed by atoms with Crippen molar-refractivity contribution in [2.75, 3.05) is 16.4 Å². The number of hydrogen-bond donors (Lipinski definition) is 0. The van der Waals surface area contributed by atoms with Crippen molar-refractivity contribution >= 4 is 46.2 Å². The quantitative estimate of drug-likeness (QED) is 0.651. The first kappa shape index (κ1) is 20.1. The maximum Gasteiger partial charge on any atom is 0.259 e. The number of amides is 1. The van der Waals surface area contributed by atoms with Crippen molar-refractivity contribution in [3.8, 4) is 11.8 Å². The summed E-state index contributed by atoms with van der Waals surface area (Å²) in [5.74, 6) is 0.611. The van der Waals surface area contributed by atoms with Crippen LogP contribution < -0.4 is 14.5 Å². The predicted octanol–water partition coefficient (Wildman–Crippen LogP) is 4.92. The van der Waals surface area contributed by atoms with Crippen LogP contribution in [0.4, 0.5) is 11.4 Å². The molecule has 0 bridgehead atoms. The van der Waals surface area contributed by atoms with E-state index in [4.69, 9.17) is 33.8 Å². The Balaban J connectivity index is 1.96. The number of ether oxygens (including phenoxy) is 1. The highest BCUT2D eigenvalue weighted by atomic mass is 35.5. The molecule has 0 N–H and O–H groups in total. The average molecular weight is 414 g/mol. The molecular formula is C21H20ClN3O2S. The van der Waals surface area contributed by atoms with Crippen LogP contribution in [-0.4, -0.2) is 23.2 Å². The number of anilines is 2. The zero-order valence-corrected chi connectivity index (χ0v) is 17.5. The first-order valence-corrected chi connectivity index (χ1v) is 9.71. The van der Waals surface area contributed by atoms with Crippen molar-refractivity contribution in [1.82, 2.24) is 0 Å². The van der Waals surface area contributed by atoms with E-state index in [0.29, 0.717) is 23.0 Å². The van der Waals surface area contributed by atoms with Crippen LogP contribution in [0.5, 0.6) is 5.75 Å². The van der Waals surface area contributed by atoms with E-state index >= 15 is 0 Å². The molecule has 144 valence electrons. The molecule has 0 saturated carbocycles. The molecular weight excluding hydrogens is 394 g/mol. The molecule has 1 saturated heterocycles. The fraction of sp³-hybridized carbons (Fsp3) is 0.286. The van der Waals surface area contributed by atoms with Crippen LogP contribution in [0.15, 0.2) is 42.5 Å². The largest absolute Gasteiger partial charge is 0.494 e. The molecule has 1 heterocycles. The zero-order valence-electron chi connectivity index (χ0n) is 15.9. The normalized spacial score (nSPS) is 15.7.